The second-order valence-electron chi connectivity index (χ2n) is 4.30. The van der Waals surface area contributed by atoms with Crippen molar-refractivity contribution in [3.63, 3.8) is 0 Å². The van der Waals surface area contributed by atoms with Crippen LogP contribution in [0.4, 0.5) is 0 Å². The van der Waals surface area contributed by atoms with Gasteiger partial charge in [-0.3, -0.25) is 9.59 Å². The van der Waals surface area contributed by atoms with Gasteiger partial charge < -0.3 is 14.7 Å². The highest BCUT2D eigenvalue weighted by molar-refractivity contribution is 5.97. The van der Waals surface area contributed by atoms with Crippen molar-refractivity contribution in [1.82, 2.24) is 4.90 Å². The van der Waals surface area contributed by atoms with Crippen molar-refractivity contribution >= 4 is 11.9 Å². The van der Waals surface area contributed by atoms with Crippen LogP contribution in [0.3, 0.4) is 0 Å². The molecule has 0 unspecified atom stereocenters. The molecule has 1 rings (SSSR count). The first-order valence-electron chi connectivity index (χ1n) is 6.16. The van der Waals surface area contributed by atoms with Gasteiger partial charge in [-0.25, -0.2) is 0 Å². The highest BCUT2D eigenvalue weighted by Crippen LogP contribution is 2.19. The largest absolute Gasteiger partial charge is 0.507 e. The maximum absolute atomic E-state index is 12.1. The summed E-state index contributed by atoms with van der Waals surface area (Å²) in [6.45, 7) is 4.16. The zero-order valence-corrected chi connectivity index (χ0v) is 11.5. The molecule has 5 nitrogen and oxygen atoms in total. The highest BCUT2D eigenvalue weighted by atomic mass is 16.5. The SMILES string of the molecule is CCOC(=O)CCN(C)C(=O)c1cc(C)ccc1O. The molecule has 1 aromatic rings. The molecule has 0 radical (unpaired) electrons. The Hall–Kier alpha value is -2.04. The Labute approximate surface area is 112 Å². The Kier molecular flexibility index (Phi) is 5.36. The lowest BCUT2D eigenvalue weighted by Crippen LogP contribution is -2.29. The fourth-order valence-electron chi connectivity index (χ4n) is 1.62. The first kappa shape index (κ1) is 15.0. The van der Waals surface area contributed by atoms with Gasteiger partial charge in [0.2, 0.25) is 0 Å². The van der Waals surface area contributed by atoms with Crippen LogP contribution in [0.5, 0.6) is 5.75 Å². The van der Waals surface area contributed by atoms with E-state index in [2.05, 4.69) is 0 Å². The number of phenols is 1. The minimum Gasteiger partial charge on any atom is -0.507 e. The van der Waals surface area contributed by atoms with Gasteiger partial charge in [0, 0.05) is 13.6 Å². The number of aromatic hydroxyl groups is 1. The van der Waals surface area contributed by atoms with Gasteiger partial charge in [-0.05, 0) is 26.0 Å². The molecule has 0 fully saturated rings. The van der Waals surface area contributed by atoms with Crippen molar-refractivity contribution < 1.29 is 19.4 Å². The van der Waals surface area contributed by atoms with Crippen LogP contribution in [0.1, 0.15) is 29.3 Å². The number of hydrogen-bond acceptors (Lipinski definition) is 4. The molecule has 1 aromatic carbocycles. The molecule has 0 saturated heterocycles. The van der Waals surface area contributed by atoms with Crippen LogP contribution >= 0.6 is 0 Å². The van der Waals surface area contributed by atoms with Crippen LogP contribution in [0.25, 0.3) is 0 Å². The Morgan fingerprint density at radius 3 is 2.68 bits per heavy atom. The smallest absolute Gasteiger partial charge is 0.307 e. The van der Waals surface area contributed by atoms with E-state index in [-0.39, 0.29) is 36.2 Å². The normalized spacial score (nSPS) is 10.1. The molecule has 0 aliphatic heterocycles. The van der Waals surface area contributed by atoms with Crippen LogP contribution in [0, 0.1) is 6.92 Å². The molecule has 0 bridgehead atoms. The summed E-state index contributed by atoms with van der Waals surface area (Å²) in [4.78, 5) is 24.7. The van der Waals surface area contributed by atoms with Gasteiger partial charge >= 0.3 is 5.97 Å². The Balaban J connectivity index is 2.66. The van der Waals surface area contributed by atoms with Crippen molar-refractivity contribution in [1.29, 1.82) is 0 Å². The number of benzene rings is 1. The van der Waals surface area contributed by atoms with Crippen LogP contribution < -0.4 is 0 Å². The number of nitrogens with zero attached hydrogens (tertiary/aromatic N) is 1. The third-order valence-electron chi connectivity index (χ3n) is 2.69. The summed E-state index contributed by atoms with van der Waals surface area (Å²) >= 11 is 0. The number of amides is 1. The third-order valence-corrected chi connectivity index (χ3v) is 2.69. The van der Waals surface area contributed by atoms with Gasteiger partial charge in [0.15, 0.2) is 0 Å². The van der Waals surface area contributed by atoms with Crippen LogP contribution in [0.15, 0.2) is 18.2 Å². The molecule has 1 N–H and O–H groups in total. The van der Waals surface area contributed by atoms with Crippen molar-refractivity contribution in [2.45, 2.75) is 20.3 Å². The van der Waals surface area contributed by atoms with Crippen molar-refractivity contribution in [3.05, 3.63) is 29.3 Å². The zero-order valence-electron chi connectivity index (χ0n) is 11.5. The fourth-order valence-corrected chi connectivity index (χ4v) is 1.62. The highest BCUT2D eigenvalue weighted by Gasteiger charge is 2.16. The molecule has 0 atom stereocenters. The molecule has 0 aromatic heterocycles. The average Bonchev–Trinajstić information content (AvgIpc) is 2.38. The van der Waals surface area contributed by atoms with E-state index in [9.17, 15) is 14.7 Å². The molecule has 0 spiro atoms. The number of rotatable bonds is 5. The van der Waals surface area contributed by atoms with E-state index in [1.165, 1.54) is 11.0 Å². The lowest BCUT2D eigenvalue weighted by molar-refractivity contribution is -0.143. The number of carbonyl (C=O) groups excluding carboxylic acids is 2. The number of esters is 1. The maximum Gasteiger partial charge on any atom is 0.307 e. The third kappa shape index (κ3) is 4.28. The van der Waals surface area contributed by atoms with E-state index >= 15 is 0 Å². The Bertz CT molecular complexity index is 471. The summed E-state index contributed by atoms with van der Waals surface area (Å²) in [6, 6.07) is 4.84. The standard InChI is InChI=1S/C14H19NO4/c1-4-19-13(17)7-8-15(3)14(18)11-9-10(2)5-6-12(11)16/h5-6,9,16H,4,7-8H2,1-3H3. The summed E-state index contributed by atoms with van der Waals surface area (Å²) in [6.07, 6.45) is 0.142. The van der Waals surface area contributed by atoms with E-state index in [4.69, 9.17) is 4.74 Å². The topological polar surface area (TPSA) is 66.8 Å². The molecule has 1 amide bonds. The van der Waals surface area contributed by atoms with Gasteiger partial charge in [-0.15, -0.1) is 0 Å². The lowest BCUT2D eigenvalue weighted by atomic mass is 10.1. The predicted octanol–water partition coefficient (Wildman–Crippen LogP) is 1.73. The van der Waals surface area contributed by atoms with E-state index < -0.39 is 0 Å². The molecule has 5 heteroatoms. The maximum atomic E-state index is 12.1. The number of hydrogen-bond donors (Lipinski definition) is 1. The van der Waals surface area contributed by atoms with Gasteiger partial charge in [0.05, 0.1) is 18.6 Å². The van der Waals surface area contributed by atoms with E-state index in [1.54, 1.807) is 26.1 Å². The van der Waals surface area contributed by atoms with E-state index in [0.29, 0.717) is 6.61 Å². The van der Waals surface area contributed by atoms with Gasteiger partial charge in [0.1, 0.15) is 5.75 Å². The zero-order chi connectivity index (χ0) is 14.4. The quantitative estimate of drug-likeness (QED) is 0.823. The monoisotopic (exact) mass is 265 g/mol. The Morgan fingerprint density at radius 2 is 2.05 bits per heavy atom. The molecule has 19 heavy (non-hydrogen) atoms. The first-order valence-corrected chi connectivity index (χ1v) is 6.16. The summed E-state index contributed by atoms with van der Waals surface area (Å²) in [7, 11) is 1.59. The van der Waals surface area contributed by atoms with Gasteiger partial charge in [-0.1, -0.05) is 11.6 Å². The molecule has 0 aliphatic rings. The second kappa shape index (κ2) is 6.78. The molecule has 0 saturated carbocycles. The van der Waals surface area contributed by atoms with E-state index in [1.807, 2.05) is 6.92 Å². The van der Waals surface area contributed by atoms with Crippen LogP contribution in [-0.4, -0.2) is 42.1 Å². The lowest BCUT2D eigenvalue weighted by Gasteiger charge is -2.17. The summed E-state index contributed by atoms with van der Waals surface area (Å²) in [5.74, 6) is -0.709. The average molecular weight is 265 g/mol. The minimum atomic E-state index is -0.337. The first-order chi connectivity index (χ1) is 8.95. The number of phenolic OH excluding ortho intramolecular Hbond substituents is 1. The van der Waals surface area contributed by atoms with Crippen molar-refractivity contribution in [3.8, 4) is 5.75 Å². The van der Waals surface area contributed by atoms with Gasteiger partial charge in [-0.2, -0.15) is 0 Å². The Morgan fingerprint density at radius 1 is 1.37 bits per heavy atom. The molecule has 0 heterocycles. The number of aryl methyl sites for hydroxylation is 1. The molecular formula is C14H19NO4. The van der Waals surface area contributed by atoms with Crippen LogP contribution in [0.2, 0.25) is 0 Å². The summed E-state index contributed by atoms with van der Waals surface area (Å²) < 4.78 is 4.79. The van der Waals surface area contributed by atoms with Crippen LogP contribution in [-0.2, 0) is 9.53 Å². The van der Waals surface area contributed by atoms with E-state index in [0.717, 1.165) is 5.56 Å². The summed E-state index contributed by atoms with van der Waals surface area (Å²) in [5.41, 5.74) is 1.13. The minimum absolute atomic E-state index is 0.0569. The molecular weight excluding hydrogens is 246 g/mol. The van der Waals surface area contributed by atoms with Crippen molar-refractivity contribution in [2.75, 3.05) is 20.2 Å². The predicted molar refractivity (Wildman–Crippen MR) is 71.1 cm³/mol. The second-order valence-corrected chi connectivity index (χ2v) is 4.30. The van der Waals surface area contributed by atoms with Crippen molar-refractivity contribution in [2.24, 2.45) is 0 Å². The molecule has 0 aliphatic carbocycles. The fraction of sp³-hybridized carbons (Fsp3) is 0.429. The van der Waals surface area contributed by atoms with Gasteiger partial charge in [0.25, 0.3) is 5.91 Å². The number of ether oxygens (including phenoxy) is 1. The number of carbonyl (C=O) groups is 2. The molecule has 104 valence electrons. The summed E-state index contributed by atoms with van der Waals surface area (Å²) in [5, 5.41) is 9.68.